The van der Waals surface area contributed by atoms with Crippen LogP contribution >= 0.6 is 11.3 Å². The Balaban J connectivity index is 1.57. The van der Waals surface area contributed by atoms with Crippen molar-refractivity contribution in [2.45, 2.75) is 25.9 Å². The zero-order chi connectivity index (χ0) is 18.6. The summed E-state index contributed by atoms with van der Waals surface area (Å²) < 4.78 is 16.8. The van der Waals surface area contributed by atoms with Crippen molar-refractivity contribution < 1.29 is 19.0 Å². The van der Waals surface area contributed by atoms with Crippen molar-refractivity contribution >= 4 is 22.9 Å². The molecule has 7 heteroatoms. The minimum Gasteiger partial charge on any atom is -0.486 e. The maximum absolute atomic E-state index is 13.2. The number of hydrogen-bond donors (Lipinski definition) is 1. The second kappa shape index (κ2) is 8.29. The van der Waals surface area contributed by atoms with E-state index in [0.29, 0.717) is 45.1 Å². The maximum atomic E-state index is 13.2. The molecule has 3 heterocycles. The van der Waals surface area contributed by atoms with Crippen LogP contribution in [0.1, 0.15) is 16.2 Å². The summed E-state index contributed by atoms with van der Waals surface area (Å²) >= 11 is 1.71. The fourth-order valence-corrected chi connectivity index (χ4v) is 4.20. The van der Waals surface area contributed by atoms with Crippen molar-refractivity contribution in [3.63, 3.8) is 0 Å². The summed E-state index contributed by atoms with van der Waals surface area (Å²) in [7, 11) is 0. The van der Waals surface area contributed by atoms with Gasteiger partial charge in [0.25, 0.3) is 0 Å². The number of thiophene rings is 1. The number of hydrogen-bond acceptors (Lipinski definition) is 6. The third-order valence-corrected chi connectivity index (χ3v) is 5.65. The van der Waals surface area contributed by atoms with E-state index in [4.69, 9.17) is 14.2 Å². The molecule has 0 spiro atoms. The van der Waals surface area contributed by atoms with Crippen LogP contribution in [-0.2, 0) is 16.1 Å². The molecule has 0 radical (unpaired) electrons. The molecular weight excluding hydrogens is 364 g/mol. The molecule has 1 atom stereocenters. The van der Waals surface area contributed by atoms with Gasteiger partial charge in [-0.05, 0) is 31.2 Å². The summed E-state index contributed by atoms with van der Waals surface area (Å²) in [6.45, 7) is 5.75. The van der Waals surface area contributed by atoms with E-state index >= 15 is 0 Å². The lowest BCUT2D eigenvalue weighted by molar-refractivity contribution is -0.119. The van der Waals surface area contributed by atoms with Crippen LogP contribution in [0.15, 0.2) is 30.3 Å². The number of amides is 1. The number of nitrogens with zero attached hydrogens (tertiary/aromatic N) is 1. The van der Waals surface area contributed by atoms with Gasteiger partial charge in [-0.15, -0.1) is 11.3 Å². The Morgan fingerprint density at radius 1 is 1.19 bits per heavy atom. The Hall–Kier alpha value is -2.09. The van der Waals surface area contributed by atoms with Crippen LogP contribution in [0.5, 0.6) is 11.5 Å². The zero-order valence-corrected chi connectivity index (χ0v) is 16.2. The van der Waals surface area contributed by atoms with Gasteiger partial charge in [0.1, 0.15) is 13.2 Å². The van der Waals surface area contributed by atoms with Crippen molar-refractivity contribution in [1.82, 2.24) is 5.32 Å². The summed E-state index contributed by atoms with van der Waals surface area (Å²) in [5.41, 5.74) is 0.826. The fraction of sp³-hybridized carbons (Fsp3) is 0.450. The second-order valence-corrected chi connectivity index (χ2v) is 8.12. The molecule has 2 aliphatic heterocycles. The molecule has 1 N–H and O–H groups in total. The van der Waals surface area contributed by atoms with Crippen molar-refractivity contribution in [3.8, 4) is 11.5 Å². The monoisotopic (exact) mass is 388 g/mol. The van der Waals surface area contributed by atoms with E-state index in [-0.39, 0.29) is 11.9 Å². The first-order chi connectivity index (χ1) is 13.2. The number of morpholine rings is 1. The van der Waals surface area contributed by atoms with Crippen molar-refractivity contribution in [2.75, 3.05) is 37.9 Å². The molecule has 2 aliphatic rings. The number of carbonyl (C=O) groups excluding carboxylic acids is 1. The largest absolute Gasteiger partial charge is 0.486 e. The third-order valence-electron chi connectivity index (χ3n) is 4.67. The van der Waals surface area contributed by atoms with Crippen LogP contribution in [0.3, 0.4) is 0 Å². The number of ether oxygens (including phenoxy) is 3. The molecule has 1 aromatic carbocycles. The van der Waals surface area contributed by atoms with Crippen LogP contribution in [0.2, 0.25) is 0 Å². The number of fused-ring (bicyclic) bond motifs is 1. The number of nitrogens with one attached hydrogen (secondary N) is 1. The van der Waals surface area contributed by atoms with Gasteiger partial charge >= 0.3 is 0 Å². The predicted molar refractivity (Wildman–Crippen MR) is 105 cm³/mol. The molecule has 0 aliphatic carbocycles. The average Bonchev–Trinajstić information content (AvgIpc) is 3.11. The Morgan fingerprint density at radius 3 is 2.78 bits per heavy atom. The highest BCUT2D eigenvalue weighted by atomic mass is 32.1. The Morgan fingerprint density at radius 2 is 2.04 bits per heavy atom. The summed E-state index contributed by atoms with van der Waals surface area (Å²) in [6.07, 6.45) is 0.402. The normalized spacial score (nSPS) is 18.9. The van der Waals surface area contributed by atoms with Gasteiger partial charge in [-0.25, -0.2) is 0 Å². The quantitative estimate of drug-likeness (QED) is 0.854. The van der Waals surface area contributed by atoms with E-state index in [0.717, 1.165) is 22.9 Å². The lowest BCUT2D eigenvalue weighted by Gasteiger charge is -2.28. The van der Waals surface area contributed by atoms with Gasteiger partial charge in [-0.3, -0.25) is 4.79 Å². The van der Waals surface area contributed by atoms with E-state index in [1.54, 1.807) is 11.3 Å². The van der Waals surface area contributed by atoms with E-state index in [1.807, 2.05) is 23.1 Å². The molecule has 144 valence electrons. The first kappa shape index (κ1) is 18.3. The molecule has 1 fully saturated rings. The standard InChI is InChI=1S/C20H24N2O4S/c1-14-2-4-17(27-14)12-22(20(23)10-15-13-24-7-6-21-15)16-3-5-18-19(11-16)26-9-8-25-18/h2-5,11,15,21H,6-10,12-13H2,1H3. The molecule has 27 heavy (non-hydrogen) atoms. The van der Waals surface area contributed by atoms with Gasteiger partial charge in [0.2, 0.25) is 5.91 Å². The number of benzene rings is 1. The number of carbonyl (C=O) groups is 1. The predicted octanol–water partition coefficient (Wildman–Crippen LogP) is 2.74. The highest BCUT2D eigenvalue weighted by Gasteiger charge is 2.24. The molecular formula is C20H24N2O4S. The highest BCUT2D eigenvalue weighted by Crippen LogP contribution is 2.35. The summed E-state index contributed by atoms with van der Waals surface area (Å²) in [6, 6.07) is 9.93. The Labute approximate surface area is 163 Å². The van der Waals surface area contributed by atoms with Crippen LogP contribution in [-0.4, -0.2) is 44.9 Å². The molecule has 1 aromatic heterocycles. The topological polar surface area (TPSA) is 60.0 Å². The van der Waals surface area contributed by atoms with Crippen molar-refractivity contribution in [1.29, 1.82) is 0 Å². The van der Waals surface area contributed by atoms with E-state index in [9.17, 15) is 4.79 Å². The minimum absolute atomic E-state index is 0.0519. The molecule has 0 bridgehead atoms. The Bertz CT molecular complexity index is 801. The SMILES string of the molecule is Cc1ccc(CN(C(=O)CC2COCCN2)c2ccc3c(c2)OCCO3)s1. The van der Waals surface area contributed by atoms with Gasteiger partial charge in [-0.1, -0.05) is 0 Å². The average molecular weight is 388 g/mol. The lowest BCUT2D eigenvalue weighted by atomic mass is 10.1. The lowest BCUT2D eigenvalue weighted by Crippen LogP contribution is -2.45. The molecule has 6 nitrogen and oxygen atoms in total. The third kappa shape index (κ3) is 4.43. The van der Waals surface area contributed by atoms with Gasteiger partial charge in [0.05, 0.1) is 19.8 Å². The Kier molecular flexibility index (Phi) is 5.61. The van der Waals surface area contributed by atoms with Crippen LogP contribution < -0.4 is 19.7 Å². The highest BCUT2D eigenvalue weighted by molar-refractivity contribution is 7.11. The van der Waals surface area contributed by atoms with Gasteiger partial charge in [0.15, 0.2) is 11.5 Å². The smallest absolute Gasteiger partial charge is 0.228 e. The zero-order valence-electron chi connectivity index (χ0n) is 15.4. The summed E-state index contributed by atoms with van der Waals surface area (Å²) in [5, 5.41) is 3.36. The fourth-order valence-electron chi connectivity index (χ4n) is 3.32. The van der Waals surface area contributed by atoms with Crippen LogP contribution in [0.4, 0.5) is 5.69 Å². The molecule has 2 aromatic rings. The molecule has 1 saturated heterocycles. The molecule has 1 unspecified atom stereocenters. The maximum Gasteiger partial charge on any atom is 0.228 e. The van der Waals surface area contributed by atoms with Crippen LogP contribution in [0.25, 0.3) is 0 Å². The van der Waals surface area contributed by atoms with Gasteiger partial charge in [0, 0.05) is 40.5 Å². The van der Waals surface area contributed by atoms with Gasteiger partial charge in [-0.2, -0.15) is 0 Å². The molecule has 0 saturated carbocycles. The summed E-state index contributed by atoms with van der Waals surface area (Å²) in [5.74, 6) is 1.49. The number of rotatable bonds is 5. The van der Waals surface area contributed by atoms with Crippen molar-refractivity contribution in [3.05, 3.63) is 40.1 Å². The minimum atomic E-state index is 0.0519. The molecule has 1 amide bonds. The van der Waals surface area contributed by atoms with E-state index < -0.39 is 0 Å². The number of aryl methyl sites for hydroxylation is 1. The van der Waals surface area contributed by atoms with E-state index in [1.165, 1.54) is 4.88 Å². The van der Waals surface area contributed by atoms with Crippen LogP contribution in [0, 0.1) is 6.92 Å². The number of anilines is 1. The first-order valence-corrected chi connectivity index (χ1v) is 10.1. The molecule has 4 rings (SSSR count). The first-order valence-electron chi connectivity index (χ1n) is 9.25. The summed E-state index contributed by atoms with van der Waals surface area (Å²) in [4.78, 5) is 17.4. The van der Waals surface area contributed by atoms with Crippen molar-refractivity contribution in [2.24, 2.45) is 0 Å². The van der Waals surface area contributed by atoms with E-state index in [2.05, 4.69) is 24.4 Å². The van der Waals surface area contributed by atoms with Gasteiger partial charge < -0.3 is 24.4 Å². The second-order valence-electron chi connectivity index (χ2n) is 6.75.